The van der Waals surface area contributed by atoms with Gasteiger partial charge in [0.15, 0.2) is 12.4 Å². The molecule has 1 aromatic heterocycles. The summed E-state index contributed by atoms with van der Waals surface area (Å²) < 4.78 is 7.22. The van der Waals surface area contributed by atoms with Crippen LogP contribution in [0.1, 0.15) is 0 Å². The van der Waals surface area contributed by atoms with Crippen LogP contribution in [0.5, 0.6) is 0 Å². The van der Waals surface area contributed by atoms with Gasteiger partial charge in [0.05, 0.1) is 13.2 Å². The maximum Gasteiger partial charge on any atom is 0.288 e. The monoisotopic (exact) mass is 283 g/mol. The Bertz CT molecular complexity index is 607. The Labute approximate surface area is 124 Å². The number of nitrogens with zero attached hydrogens (tertiary/aromatic N) is 2. The first-order valence-electron chi connectivity index (χ1n) is 7.23. The zero-order chi connectivity index (χ0) is 14.5. The van der Waals surface area contributed by atoms with Crippen molar-refractivity contribution in [2.45, 2.75) is 6.54 Å². The molecule has 1 aliphatic heterocycles. The third kappa shape index (κ3) is 3.47. The van der Waals surface area contributed by atoms with Crippen molar-refractivity contribution in [3.05, 3.63) is 54.9 Å². The van der Waals surface area contributed by atoms with Crippen molar-refractivity contribution in [2.75, 3.05) is 26.3 Å². The summed E-state index contributed by atoms with van der Waals surface area (Å²) in [4.78, 5) is 14.1. The SMILES string of the molecule is O=C(C[n+]1cccc(-c2ccccc2)c1)N1CCOCC1. The minimum atomic E-state index is 0.147. The van der Waals surface area contributed by atoms with Gasteiger partial charge in [-0.25, -0.2) is 0 Å². The third-order valence-electron chi connectivity index (χ3n) is 3.65. The molecule has 0 aliphatic carbocycles. The molecule has 0 radical (unpaired) electrons. The fourth-order valence-corrected chi connectivity index (χ4v) is 2.49. The fraction of sp³-hybridized carbons (Fsp3) is 0.294. The number of carbonyl (C=O) groups is 1. The van der Waals surface area contributed by atoms with E-state index >= 15 is 0 Å². The van der Waals surface area contributed by atoms with Gasteiger partial charge >= 0.3 is 0 Å². The van der Waals surface area contributed by atoms with Crippen LogP contribution >= 0.6 is 0 Å². The maximum atomic E-state index is 12.3. The quantitative estimate of drug-likeness (QED) is 0.800. The minimum absolute atomic E-state index is 0.147. The van der Waals surface area contributed by atoms with E-state index in [-0.39, 0.29) is 5.91 Å². The number of carbonyl (C=O) groups excluding carboxylic acids is 1. The van der Waals surface area contributed by atoms with Crippen molar-refractivity contribution in [1.29, 1.82) is 0 Å². The number of ether oxygens (including phenoxy) is 1. The molecule has 21 heavy (non-hydrogen) atoms. The first kappa shape index (κ1) is 13.8. The van der Waals surface area contributed by atoms with Crippen molar-refractivity contribution in [1.82, 2.24) is 4.90 Å². The van der Waals surface area contributed by atoms with Gasteiger partial charge in [-0.05, 0) is 11.6 Å². The summed E-state index contributed by atoms with van der Waals surface area (Å²) in [5.41, 5.74) is 2.28. The average molecular weight is 283 g/mol. The molecule has 108 valence electrons. The Morgan fingerprint density at radius 3 is 2.52 bits per heavy atom. The molecular weight excluding hydrogens is 264 g/mol. The van der Waals surface area contributed by atoms with Crippen LogP contribution in [0.4, 0.5) is 0 Å². The van der Waals surface area contributed by atoms with Gasteiger partial charge in [-0.2, -0.15) is 4.57 Å². The summed E-state index contributed by atoms with van der Waals surface area (Å²) in [6, 6.07) is 14.2. The largest absolute Gasteiger partial charge is 0.378 e. The van der Waals surface area contributed by atoms with Gasteiger partial charge in [0.1, 0.15) is 0 Å². The Morgan fingerprint density at radius 2 is 1.76 bits per heavy atom. The van der Waals surface area contributed by atoms with Gasteiger partial charge in [-0.15, -0.1) is 0 Å². The zero-order valence-corrected chi connectivity index (χ0v) is 11.9. The van der Waals surface area contributed by atoms with E-state index in [2.05, 4.69) is 18.2 Å². The van der Waals surface area contributed by atoms with E-state index in [1.54, 1.807) is 0 Å². The van der Waals surface area contributed by atoms with E-state index < -0.39 is 0 Å². The lowest BCUT2D eigenvalue weighted by atomic mass is 10.1. The van der Waals surface area contributed by atoms with Crippen molar-refractivity contribution in [3.63, 3.8) is 0 Å². The molecule has 0 N–H and O–H groups in total. The number of morpholine rings is 1. The first-order valence-corrected chi connectivity index (χ1v) is 7.23. The predicted molar refractivity (Wildman–Crippen MR) is 79.5 cm³/mol. The van der Waals surface area contributed by atoms with Crippen molar-refractivity contribution >= 4 is 5.91 Å². The second-order valence-corrected chi connectivity index (χ2v) is 5.12. The number of pyridine rings is 1. The highest BCUT2D eigenvalue weighted by Crippen LogP contribution is 2.16. The van der Waals surface area contributed by atoms with Crippen LogP contribution in [-0.4, -0.2) is 37.1 Å². The molecular formula is C17H19N2O2+. The molecule has 0 unspecified atom stereocenters. The topological polar surface area (TPSA) is 33.4 Å². The van der Waals surface area contributed by atoms with Gasteiger partial charge in [0, 0.05) is 24.7 Å². The molecule has 2 aromatic rings. The maximum absolute atomic E-state index is 12.3. The lowest BCUT2D eigenvalue weighted by molar-refractivity contribution is -0.684. The molecule has 4 nitrogen and oxygen atoms in total. The molecule has 2 heterocycles. The van der Waals surface area contributed by atoms with Gasteiger partial charge in [0.2, 0.25) is 6.54 Å². The van der Waals surface area contributed by atoms with Crippen LogP contribution in [-0.2, 0) is 16.1 Å². The lowest BCUT2D eigenvalue weighted by Gasteiger charge is -2.25. The van der Waals surface area contributed by atoms with Gasteiger partial charge in [-0.3, -0.25) is 4.79 Å². The Kier molecular flexibility index (Phi) is 4.26. The third-order valence-corrected chi connectivity index (χ3v) is 3.65. The number of benzene rings is 1. The smallest absolute Gasteiger partial charge is 0.288 e. The molecule has 0 bridgehead atoms. The summed E-state index contributed by atoms with van der Waals surface area (Å²) >= 11 is 0. The molecule has 3 rings (SSSR count). The zero-order valence-electron chi connectivity index (χ0n) is 11.9. The Hall–Kier alpha value is -2.20. The molecule has 1 aromatic carbocycles. The van der Waals surface area contributed by atoms with E-state index in [1.807, 2.05) is 46.1 Å². The summed E-state index contributed by atoms with van der Waals surface area (Å²) in [6.07, 6.45) is 3.96. The van der Waals surface area contributed by atoms with E-state index in [0.29, 0.717) is 32.8 Å². The molecule has 4 heteroatoms. The van der Waals surface area contributed by atoms with Gasteiger partial charge < -0.3 is 9.64 Å². The lowest BCUT2D eigenvalue weighted by Crippen LogP contribution is -2.48. The Balaban J connectivity index is 1.73. The summed E-state index contributed by atoms with van der Waals surface area (Å²) in [5, 5.41) is 0. The first-order chi connectivity index (χ1) is 10.3. The van der Waals surface area contributed by atoms with E-state index in [0.717, 1.165) is 11.1 Å². The number of hydrogen-bond donors (Lipinski definition) is 0. The van der Waals surface area contributed by atoms with Crippen LogP contribution < -0.4 is 4.57 Å². The number of rotatable bonds is 3. The summed E-state index contributed by atoms with van der Waals surface area (Å²) in [5.74, 6) is 0.147. The highest BCUT2D eigenvalue weighted by atomic mass is 16.5. The van der Waals surface area contributed by atoms with Crippen LogP contribution in [0.15, 0.2) is 54.9 Å². The highest BCUT2D eigenvalue weighted by Gasteiger charge is 2.20. The van der Waals surface area contributed by atoms with Crippen LogP contribution in [0.2, 0.25) is 0 Å². The van der Waals surface area contributed by atoms with Crippen LogP contribution in [0.3, 0.4) is 0 Å². The predicted octanol–water partition coefficient (Wildman–Crippen LogP) is 1.50. The average Bonchev–Trinajstić information content (AvgIpc) is 2.57. The number of hydrogen-bond acceptors (Lipinski definition) is 2. The number of aromatic nitrogens is 1. The van der Waals surface area contributed by atoms with Crippen molar-refractivity contribution in [3.8, 4) is 11.1 Å². The van der Waals surface area contributed by atoms with E-state index in [1.165, 1.54) is 0 Å². The Morgan fingerprint density at radius 1 is 1.05 bits per heavy atom. The highest BCUT2D eigenvalue weighted by molar-refractivity contribution is 5.74. The molecule has 0 atom stereocenters. The minimum Gasteiger partial charge on any atom is -0.378 e. The van der Waals surface area contributed by atoms with Crippen molar-refractivity contribution < 1.29 is 14.1 Å². The fourth-order valence-electron chi connectivity index (χ4n) is 2.49. The van der Waals surface area contributed by atoms with Crippen LogP contribution in [0, 0.1) is 0 Å². The molecule has 1 fully saturated rings. The molecule has 0 saturated carbocycles. The summed E-state index contributed by atoms with van der Waals surface area (Å²) in [7, 11) is 0. The van der Waals surface area contributed by atoms with E-state index in [4.69, 9.17) is 4.74 Å². The van der Waals surface area contributed by atoms with Crippen molar-refractivity contribution in [2.24, 2.45) is 0 Å². The molecule has 1 amide bonds. The molecule has 1 aliphatic rings. The number of amides is 1. The summed E-state index contributed by atoms with van der Waals surface area (Å²) in [6.45, 7) is 3.04. The normalized spacial score (nSPS) is 15.0. The van der Waals surface area contributed by atoms with E-state index in [9.17, 15) is 4.79 Å². The standard InChI is InChI=1S/C17H19N2O2/c20-17(19-9-11-21-12-10-19)14-18-8-4-7-16(13-18)15-5-2-1-3-6-15/h1-8,13H,9-12,14H2/q+1. The van der Waals surface area contributed by atoms with Gasteiger partial charge in [0.25, 0.3) is 5.91 Å². The van der Waals surface area contributed by atoms with Gasteiger partial charge in [-0.1, -0.05) is 30.3 Å². The molecule has 0 spiro atoms. The second-order valence-electron chi connectivity index (χ2n) is 5.12. The molecule has 1 saturated heterocycles. The second kappa shape index (κ2) is 6.50. The van der Waals surface area contributed by atoms with Crippen LogP contribution in [0.25, 0.3) is 11.1 Å².